The standard InChI is InChI=1S/C68H68N2O2/c1-39(2)45-23-27-63(55(31-45)43(9)10)69(61-19-15-13-17-53(61)41(5)6)51-25-21-47-33-57-59-37-60-58-34-48-22-26-52(30-50(48)36-66(58)72-68(60)38-67(59)71-65(57)35-49(47)29-51)70(62-20-16-14-18-54(62)42(7)8)64-28-24-46(40(3)4)32-56(64)44(11)12/h13-44H,1-12H3. The van der Waals surface area contributed by atoms with Gasteiger partial charge in [-0.3, -0.25) is 0 Å². The molecule has 0 aliphatic heterocycles. The van der Waals surface area contributed by atoms with Crippen LogP contribution in [0.4, 0.5) is 34.1 Å². The maximum absolute atomic E-state index is 6.77. The van der Waals surface area contributed by atoms with Crippen molar-refractivity contribution in [3.05, 3.63) is 191 Å². The van der Waals surface area contributed by atoms with E-state index < -0.39 is 0 Å². The summed E-state index contributed by atoms with van der Waals surface area (Å²) in [6, 6.07) is 59.2. The Bertz CT molecular complexity index is 3610. The molecule has 0 amide bonds. The van der Waals surface area contributed by atoms with E-state index in [0.717, 1.165) is 66.0 Å². The van der Waals surface area contributed by atoms with Gasteiger partial charge < -0.3 is 18.6 Å². The van der Waals surface area contributed by atoms with Gasteiger partial charge in [-0.15, -0.1) is 0 Å². The Hall–Kier alpha value is -7.30. The van der Waals surface area contributed by atoms with E-state index in [9.17, 15) is 0 Å². The first-order valence-corrected chi connectivity index (χ1v) is 26.4. The SMILES string of the molecule is CC(C)c1ccc(N(c2ccc3cc4c(cc3c2)oc2cc3oc5cc6cc(N(c7ccccc7C(C)C)c7ccc(C(C)C)cc7C(C)C)ccc6cc5c3cc24)c2ccccc2C(C)C)c(C(C)C)c1. The van der Waals surface area contributed by atoms with E-state index >= 15 is 0 Å². The summed E-state index contributed by atoms with van der Waals surface area (Å²) in [7, 11) is 0. The van der Waals surface area contributed by atoms with Crippen LogP contribution in [0, 0.1) is 0 Å². The lowest BCUT2D eigenvalue weighted by Gasteiger charge is -2.32. The zero-order valence-electron chi connectivity index (χ0n) is 44.2. The monoisotopic (exact) mass is 945 g/mol. The Morgan fingerprint density at radius 2 is 0.639 bits per heavy atom. The number of para-hydroxylation sites is 2. The maximum atomic E-state index is 6.77. The zero-order valence-corrected chi connectivity index (χ0v) is 44.2. The number of furan rings is 2. The first-order chi connectivity index (χ1) is 34.6. The number of nitrogens with zero attached hydrogens (tertiary/aromatic N) is 2. The van der Waals surface area contributed by atoms with Gasteiger partial charge >= 0.3 is 0 Å². The summed E-state index contributed by atoms with van der Waals surface area (Å²) in [6.07, 6.45) is 0. The molecule has 0 saturated heterocycles. The fraction of sp³-hybridized carbons (Fsp3) is 0.265. The van der Waals surface area contributed by atoms with E-state index in [1.165, 1.54) is 66.9 Å². The van der Waals surface area contributed by atoms with Crippen molar-refractivity contribution in [2.45, 2.75) is 119 Å². The Labute approximate surface area is 425 Å². The molecule has 0 saturated carbocycles. The third-order valence-corrected chi connectivity index (χ3v) is 15.2. The number of hydrogen-bond donors (Lipinski definition) is 0. The van der Waals surface area contributed by atoms with E-state index in [2.05, 4.69) is 251 Å². The van der Waals surface area contributed by atoms with Crippen LogP contribution in [-0.2, 0) is 0 Å². The van der Waals surface area contributed by atoms with Crippen LogP contribution < -0.4 is 9.80 Å². The highest BCUT2D eigenvalue weighted by molar-refractivity contribution is 6.18. The highest BCUT2D eigenvalue weighted by atomic mass is 16.3. The van der Waals surface area contributed by atoms with Gasteiger partial charge in [0.15, 0.2) is 0 Å². The van der Waals surface area contributed by atoms with E-state index in [1.54, 1.807) is 0 Å². The van der Waals surface area contributed by atoms with Gasteiger partial charge in [-0.2, -0.15) is 0 Å². The first-order valence-electron chi connectivity index (χ1n) is 26.4. The van der Waals surface area contributed by atoms with Crippen LogP contribution in [-0.4, -0.2) is 0 Å². The molecule has 4 nitrogen and oxygen atoms in total. The quantitative estimate of drug-likeness (QED) is 0.122. The van der Waals surface area contributed by atoms with Crippen LogP contribution in [0.15, 0.2) is 167 Å². The fourth-order valence-corrected chi connectivity index (χ4v) is 11.2. The minimum Gasteiger partial charge on any atom is -0.456 e. The lowest BCUT2D eigenvalue weighted by Crippen LogP contribution is -2.15. The molecule has 11 rings (SSSR count). The van der Waals surface area contributed by atoms with E-state index in [0.29, 0.717) is 35.5 Å². The van der Waals surface area contributed by atoms with Crippen molar-refractivity contribution in [3.8, 4) is 0 Å². The minimum absolute atomic E-state index is 0.345. The summed E-state index contributed by atoms with van der Waals surface area (Å²) < 4.78 is 13.5. The molecule has 0 N–H and O–H groups in total. The second kappa shape index (κ2) is 18.4. The van der Waals surface area contributed by atoms with Crippen molar-refractivity contribution < 1.29 is 8.83 Å². The summed E-state index contributed by atoms with van der Waals surface area (Å²) in [4.78, 5) is 4.97. The van der Waals surface area contributed by atoms with Gasteiger partial charge in [0.05, 0.1) is 0 Å². The molecule has 9 aromatic carbocycles. The number of benzene rings is 9. The number of rotatable bonds is 12. The Morgan fingerprint density at radius 3 is 1.03 bits per heavy atom. The summed E-state index contributed by atoms with van der Waals surface area (Å²) in [5.41, 5.74) is 18.5. The molecule has 0 bridgehead atoms. The third kappa shape index (κ3) is 8.19. The molecule has 0 atom stereocenters. The molecule has 0 aliphatic rings. The molecule has 2 heterocycles. The van der Waals surface area contributed by atoms with Gasteiger partial charge in [-0.1, -0.05) is 156 Å². The first kappa shape index (κ1) is 47.0. The fourth-order valence-electron chi connectivity index (χ4n) is 11.2. The number of anilines is 6. The van der Waals surface area contributed by atoms with Gasteiger partial charge in [0.25, 0.3) is 0 Å². The van der Waals surface area contributed by atoms with Crippen LogP contribution in [0.5, 0.6) is 0 Å². The molecule has 11 aromatic rings. The van der Waals surface area contributed by atoms with Crippen molar-refractivity contribution in [1.82, 2.24) is 0 Å². The predicted molar refractivity (Wildman–Crippen MR) is 310 cm³/mol. The van der Waals surface area contributed by atoms with Crippen molar-refractivity contribution in [2.75, 3.05) is 9.80 Å². The van der Waals surface area contributed by atoms with Crippen LogP contribution in [0.1, 0.15) is 152 Å². The van der Waals surface area contributed by atoms with Gasteiger partial charge in [0, 0.05) is 61.7 Å². The van der Waals surface area contributed by atoms with Gasteiger partial charge in [0.2, 0.25) is 0 Å². The molecule has 4 heteroatoms. The summed E-state index contributed by atoms with van der Waals surface area (Å²) in [5.74, 6) is 2.29. The van der Waals surface area contributed by atoms with Crippen molar-refractivity contribution >= 4 is 99.5 Å². The van der Waals surface area contributed by atoms with E-state index in [1.807, 2.05) is 0 Å². The van der Waals surface area contributed by atoms with E-state index in [-0.39, 0.29) is 0 Å². The molecular weight excluding hydrogens is 877 g/mol. The second-order valence-electron chi connectivity index (χ2n) is 22.2. The summed E-state index contributed by atoms with van der Waals surface area (Å²) in [6.45, 7) is 27.5. The number of fused-ring (bicyclic) bond motifs is 8. The highest BCUT2D eigenvalue weighted by Crippen LogP contribution is 2.47. The normalized spacial score (nSPS) is 12.4. The summed E-state index contributed by atoms with van der Waals surface area (Å²) in [5, 5.41) is 8.99. The average molecular weight is 945 g/mol. The smallest absolute Gasteiger partial charge is 0.139 e. The topological polar surface area (TPSA) is 32.8 Å². The van der Waals surface area contributed by atoms with Crippen LogP contribution >= 0.6 is 0 Å². The van der Waals surface area contributed by atoms with Crippen molar-refractivity contribution in [2.24, 2.45) is 0 Å². The average Bonchev–Trinajstić information content (AvgIpc) is 3.89. The zero-order chi connectivity index (χ0) is 50.3. The summed E-state index contributed by atoms with van der Waals surface area (Å²) >= 11 is 0. The van der Waals surface area contributed by atoms with E-state index in [4.69, 9.17) is 8.83 Å². The molecule has 0 spiro atoms. The number of hydrogen-bond acceptors (Lipinski definition) is 4. The molecule has 0 radical (unpaired) electrons. The third-order valence-electron chi connectivity index (χ3n) is 15.2. The minimum atomic E-state index is 0.345. The van der Waals surface area contributed by atoms with Crippen LogP contribution in [0.3, 0.4) is 0 Å². The largest absolute Gasteiger partial charge is 0.456 e. The van der Waals surface area contributed by atoms with Gasteiger partial charge in [-0.25, -0.2) is 0 Å². The van der Waals surface area contributed by atoms with Crippen LogP contribution in [0.2, 0.25) is 0 Å². The van der Waals surface area contributed by atoms with Crippen molar-refractivity contribution in [1.29, 1.82) is 0 Å². The Kier molecular flexibility index (Phi) is 12.0. The predicted octanol–water partition coefficient (Wildman–Crippen LogP) is 21.5. The highest BCUT2D eigenvalue weighted by Gasteiger charge is 2.25. The maximum Gasteiger partial charge on any atom is 0.139 e. The Balaban J connectivity index is 1.02. The van der Waals surface area contributed by atoms with Crippen LogP contribution in [0.25, 0.3) is 65.4 Å². The lowest BCUT2D eigenvalue weighted by atomic mass is 9.92. The lowest BCUT2D eigenvalue weighted by molar-refractivity contribution is 0.656. The van der Waals surface area contributed by atoms with Crippen molar-refractivity contribution in [3.63, 3.8) is 0 Å². The second-order valence-corrected chi connectivity index (χ2v) is 22.2. The molecule has 72 heavy (non-hydrogen) atoms. The van der Waals surface area contributed by atoms with Gasteiger partial charge in [0.1, 0.15) is 22.3 Å². The molecule has 0 unspecified atom stereocenters. The molecule has 0 aliphatic carbocycles. The van der Waals surface area contributed by atoms with Gasteiger partial charge in [-0.05, 0) is 169 Å². The molecule has 362 valence electrons. The molecule has 0 fully saturated rings. The molecule has 2 aromatic heterocycles. The molecular formula is C68H68N2O2. The Morgan fingerprint density at radius 1 is 0.278 bits per heavy atom.